The fourth-order valence-corrected chi connectivity index (χ4v) is 1.25. The van der Waals surface area contributed by atoms with Crippen LogP contribution in [0.5, 0.6) is 11.5 Å². The molecule has 1 aromatic rings. The van der Waals surface area contributed by atoms with E-state index < -0.39 is 0 Å². The molecule has 0 amide bonds. The first-order chi connectivity index (χ1) is 5.58. The number of benzene rings is 1. The molecule has 0 saturated carbocycles. The first kappa shape index (κ1) is 8.91. The molecular weight excluding hydrogens is 152 g/mol. The topological polar surface area (TPSA) is 40.5 Å². The van der Waals surface area contributed by atoms with Crippen LogP contribution in [0.25, 0.3) is 0 Å². The molecule has 0 radical (unpaired) electrons. The van der Waals surface area contributed by atoms with Crippen molar-refractivity contribution in [3.8, 4) is 11.5 Å². The molecule has 0 unspecified atom stereocenters. The van der Waals surface area contributed by atoms with E-state index in [9.17, 15) is 0 Å². The maximum absolute atomic E-state index is 9.15. The minimum atomic E-state index is 0.130. The van der Waals surface area contributed by atoms with Crippen molar-refractivity contribution in [2.24, 2.45) is 5.92 Å². The van der Waals surface area contributed by atoms with Gasteiger partial charge in [0.15, 0.2) is 0 Å². The van der Waals surface area contributed by atoms with E-state index in [1.165, 1.54) is 6.07 Å². The van der Waals surface area contributed by atoms with E-state index in [-0.39, 0.29) is 11.5 Å². The summed E-state index contributed by atoms with van der Waals surface area (Å²) in [5, 5.41) is 18.3. The number of hydrogen-bond acceptors (Lipinski definition) is 2. The van der Waals surface area contributed by atoms with Crippen LogP contribution in [0.4, 0.5) is 0 Å². The van der Waals surface area contributed by atoms with Gasteiger partial charge in [0, 0.05) is 6.07 Å². The van der Waals surface area contributed by atoms with Gasteiger partial charge in [-0.3, -0.25) is 0 Å². The zero-order valence-electron chi connectivity index (χ0n) is 7.41. The van der Waals surface area contributed by atoms with Gasteiger partial charge in [0.1, 0.15) is 11.5 Å². The average Bonchev–Trinajstić information content (AvgIpc) is 1.81. The lowest BCUT2D eigenvalue weighted by molar-refractivity contribution is 0.448. The summed E-state index contributed by atoms with van der Waals surface area (Å²) in [6.45, 7) is 4.20. The zero-order valence-corrected chi connectivity index (χ0v) is 7.41. The van der Waals surface area contributed by atoms with Gasteiger partial charge in [0.05, 0.1) is 0 Å². The molecule has 0 atom stereocenters. The van der Waals surface area contributed by atoms with Gasteiger partial charge in [-0.25, -0.2) is 0 Å². The molecule has 2 N–H and O–H groups in total. The van der Waals surface area contributed by atoms with Crippen LogP contribution in [0.1, 0.15) is 19.4 Å². The molecule has 0 fully saturated rings. The minimum Gasteiger partial charge on any atom is -0.508 e. The number of phenolic OH excluding ortho intramolecular Hbond substituents is 2. The Morgan fingerprint density at radius 2 is 1.58 bits per heavy atom. The highest BCUT2D eigenvalue weighted by Gasteiger charge is 2.01. The summed E-state index contributed by atoms with van der Waals surface area (Å²) in [6.07, 6.45) is 0.877. The molecule has 12 heavy (non-hydrogen) atoms. The summed E-state index contributed by atoms with van der Waals surface area (Å²) in [5.41, 5.74) is 0.975. The van der Waals surface area contributed by atoms with Gasteiger partial charge < -0.3 is 10.2 Å². The number of hydrogen-bond donors (Lipinski definition) is 2. The van der Waals surface area contributed by atoms with Gasteiger partial charge >= 0.3 is 0 Å². The molecule has 2 heteroatoms. The average molecular weight is 166 g/mol. The molecule has 0 heterocycles. The molecule has 1 rings (SSSR count). The zero-order chi connectivity index (χ0) is 9.14. The highest BCUT2D eigenvalue weighted by molar-refractivity contribution is 5.36. The summed E-state index contributed by atoms with van der Waals surface area (Å²) in [4.78, 5) is 0. The fourth-order valence-electron chi connectivity index (χ4n) is 1.25. The Bertz CT molecular complexity index is 246. The van der Waals surface area contributed by atoms with Crippen molar-refractivity contribution in [1.82, 2.24) is 0 Å². The minimum absolute atomic E-state index is 0.130. The third kappa shape index (κ3) is 2.46. The Kier molecular flexibility index (Phi) is 2.58. The van der Waals surface area contributed by atoms with Gasteiger partial charge in [-0.1, -0.05) is 13.8 Å². The van der Waals surface area contributed by atoms with Crippen LogP contribution < -0.4 is 0 Å². The molecule has 0 aliphatic carbocycles. The van der Waals surface area contributed by atoms with Crippen LogP contribution >= 0.6 is 0 Å². The monoisotopic (exact) mass is 166 g/mol. The van der Waals surface area contributed by atoms with Crippen LogP contribution in [0, 0.1) is 5.92 Å². The SMILES string of the molecule is CC(C)Cc1cc(O)cc(O)c1. The lowest BCUT2D eigenvalue weighted by Gasteiger charge is -2.05. The van der Waals surface area contributed by atoms with E-state index in [0.29, 0.717) is 5.92 Å². The highest BCUT2D eigenvalue weighted by atomic mass is 16.3. The predicted molar refractivity (Wildman–Crippen MR) is 48.3 cm³/mol. The van der Waals surface area contributed by atoms with Crippen LogP contribution in [0.2, 0.25) is 0 Å². The molecule has 0 spiro atoms. The number of rotatable bonds is 2. The Morgan fingerprint density at radius 1 is 1.08 bits per heavy atom. The third-order valence-corrected chi connectivity index (χ3v) is 1.61. The van der Waals surface area contributed by atoms with Crippen LogP contribution in [0.15, 0.2) is 18.2 Å². The van der Waals surface area contributed by atoms with Crippen LogP contribution in [0.3, 0.4) is 0 Å². The molecule has 0 aliphatic heterocycles. The molecular formula is C10H14O2. The first-order valence-electron chi connectivity index (χ1n) is 4.10. The maximum atomic E-state index is 9.15. The van der Waals surface area contributed by atoms with Crippen molar-refractivity contribution in [2.45, 2.75) is 20.3 Å². The second-order valence-electron chi connectivity index (χ2n) is 3.46. The Balaban J connectivity index is 2.85. The van der Waals surface area contributed by atoms with Crippen molar-refractivity contribution < 1.29 is 10.2 Å². The first-order valence-corrected chi connectivity index (χ1v) is 4.10. The highest BCUT2D eigenvalue weighted by Crippen LogP contribution is 2.22. The smallest absolute Gasteiger partial charge is 0.119 e. The normalized spacial score (nSPS) is 10.6. The Morgan fingerprint density at radius 3 is 2.00 bits per heavy atom. The van der Waals surface area contributed by atoms with E-state index in [1.54, 1.807) is 12.1 Å². The van der Waals surface area contributed by atoms with Crippen molar-refractivity contribution >= 4 is 0 Å². The second-order valence-corrected chi connectivity index (χ2v) is 3.46. The lowest BCUT2D eigenvalue weighted by Crippen LogP contribution is -1.93. The molecule has 66 valence electrons. The number of aromatic hydroxyl groups is 2. The molecule has 2 nitrogen and oxygen atoms in total. The van der Waals surface area contributed by atoms with E-state index in [1.807, 2.05) is 0 Å². The van der Waals surface area contributed by atoms with Gasteiger partial charge in [-0.15, -0.1) is 0 Å². The van der Waals surface area contributed by atoms with Crippen molar-refractivity contribution in [3.63, 3.8) is 0 Å². The van der Waals surface area contributed by atoms with Crippen molar-refractivity contribution in [3.05, 3.63) is 23.8 Å². The van der Waals surface area contributed by atoms with Crippen molar-refractivity contribution in [1.29, 1.82) is 0 Å². The molecule has 0 aliphatic rings. The van der Waals surface area contributed by atoms with Crippen LogP contribution in [-0.2, 0) is 6.42 Å². The summed E-state index contributed by atoms with van der Waals surface area (Å²) in [7, 11) is 0. The van der Waals surface area contributed by atoms with Gasteiger partial charge in [-0.2, -0.15) is 0 Å². The quantitative estimate of drug-likeness (QED) is 0.707. The van der Waals surface area contributed by atoms with Gasteiger partial charge in [0.25, 0.3) is 0 Å². The number of phenols is 2. The van der Waals surface area contributed by atoms with E-state index in [0.717, 1.165) is 12.0 Å². The molecule has 0 bridgehead atoms. The Labute approximate surface area is 72.5 Å². The third-order valence-electron chi connectivity index (χ3n) is 1.61. The summed E-state index contributed by atoms with van der Waals surface area (Å²) >= 11 is 0. The van der Waals surface area contributed by atoms with Gasteiger partial charge in [0.2, 0.25) is 0 Å². The van der Waals surface area contributed by atoms with Gasteiger partial charge in [-0.05, 0) is 30.0 Å². The van der Waals surface area contributed by atoms with E-state index in [4.69, 9.17) is 10.2 Å². The van der Waals surface area contributed by atoms with Crippen LogP contribution in [-0.4, -0.2) is 10.2 Å². The Hall–Kier alpha value is -1.18. The molecule has 0 saturated heterocycles. The maximum Gasteiger partial charge on any atom is 0.119 e. The van der Waals surface area contributed by atoms with E-state index in [2.05, 4.69) is 13.8 Å². The van der Waals surface area contributed by atoms with Crippen molar-refractivity contribution in [2.75, 3.05) is 0 Å². The molecule has 1 aromatic carbocycles. The molecule has 0 aromatic heterocycles. The summed E-state index contributed by atoms with van der Waals surface area (Å²) in [5.74, 6) is 0.794. The fraction of sp³-hybridized carbons (Fsp3) is 0.400. The summed E-state index contributed by atoms with van der Waals surface area (Å²) in [6, 6.07) is 4.70. The predicted octanol–water partition coefficient (Wildman–Crippen LogP) is 2.30. The summed E-state index contributed by atoms with van der Waals surface area (Å²) < 4.78 is 0. The van der Waals surface area contributed by atoms with E-state index >= 15 is 0 Å². The second kappa shape index (κ2) is 3.48. The lowest BCUT2D eigenvalue weighted by atomic mass is 10.0. The standard InChI is InChI=1S/C10H14O2/c1-7(2)3-8-4-9(11)6-10(12)5-8/h4-7,11-12H,3H2,1-2H3. The largest absolute Gasteiger partial charge is 0.508 e.